The van der Waals surface area contributed by atoms with E-state index in [2.05, 4.69) is 32.9 Å². The Hall–Kier alpha value is -0.940. The lowest BCUT2D eigenvalue weighted by Crippen LogP contribution is -2.29. The average Bonchev–Trinajstić information content (AvgIpc) is 2.74. The van der Waals surface area contributed by atoms with Crippen molar-refractivity contribution in [3.63, 3.8) is 0 Å². The van der Waals surface area contributed by atoms with Crippen LogP contribution in [0.2, 0.25) is 0 Å². The SMILES string of the molecule is CN1CCC(c2cnc3c(F)cc(Br)cn23)CC1. The van der Waals surface area contributed by atoms with Crippen LogP contribution in [0.5, 0.6) is 0 Å². The van der Waals surface area contributed by atoms with Crippen LogP contribution in [0.4, 0.5) is 4.39 Å². The Balaban J connectivity index is 2.02. The van der Waals surface area contributed by atoms with E-state index in [4.69, 9.17) is 0 Å². The van der Waals surface area contributed by atoms with Gasteiger partial charge in [-0.1, -0.05) is 0 Å². The highest BCUT2D eigenvalue weighted by molar-refractivity contribution is 9.10. The number of piperidine rings is 1. The Morgan fingerprint density at radius 2 is 2.11 bits per heavy atom. The molecule has 1 fully saturated rings. The molecule has 18 heavy (non-hydrogen) atoms. The minimum absolute atomic E-state index is 0.274. The molecule has 1 saturated heterocycles. The molecule has 1 aliphatic heterocycles. The quantitative estimate of drug-likeness (QED) is 0.807. The monoisotopic (exact) mass is 311 g/mol. The fourth-order valence-electron chi connectivity index (χ4n) is 2.64. The molecule has 3 heterocycles. The van der Waals surface area contributed by atoms with Gasteiger partial charge in [0.15, 0.2) is 11.5 Å². The largest absolute Gasteiger partial charge is 0.306 e. The highest BCUT2D eigenvalue weighted by Gasteiger charge is 2.22. The topological polar surface area (TPSA) is 20.5 Å². The molecule has 0 saturated carbocycles. The zero-order chi connectivity index (χ0) is 12.7. The number of nitrogens with zero attached hydrogens (tertiary/aromatic N) is 3. The summed E-state index contributed by atoms with van der Waals surface area (Å²) >= 11 is 3.34. The van der Waals surface area contributed by atoms with Gasteiger partial charge in [0.1, 0.15) is 0 Å². The molecule has 3 nitrogen and oxygen atoms in total. The average molecular weight is 312 g/mol. The number of pyridine rings is 1. The minimum Gasteiger partial charge on any atom is -0.306 e. The van der Waals surface area contributed by atoms with Gasteiger partial charge in [-0.15, -0.1) is 0 Å². The number of hydrogen-bond acceptors (Lipinski definition) is 2. The van der Waals surface area contributed by atoms with Crippen molar-refractivity contribution >= 4 is 21.6 Å². The van der Waals surface area contributed by atoms with Crippen LogP contribution in [0.15, 0.2) is 22.9 Å². The minimum atomic E-state index is -0.274. The second-order valence-electron chi connectivity index (χ2n) is 4.96. The Kier molecular flexibility index (Phi) is 3.11. The lowest BCUT2D eigenvalue weighted by molar-refractivity contribution is 0.253. The van der Waals surface area contributed by atoms with Gasteiger partial charge in [0.05, 0.1) is 0 Å². The van der Waals surface area contributed by atoms with Gasteiger partial charge in [-0.25, -0.2) is 9.37 Å². The first-order valence-corrected chi connectivity index (χ1v) is 6.95. The molecule has 2 aromatic rings. The van der Waals surface area contributed by atoms with Gasteiger partial charge in [0, 0.05) is 28.5 Å². The van der Waals surface area contributed by atoms with E-state index in [1.165, 1.54) is 6.07 Å². The highest BCUT2D eigenvalue weighted by Crippen LogP contribution is 2.29. The normalized spacial score (nSPS) is 18.6. The molecular weight excluding hydrogens is 297 g/mol. The number of likely N-dealkylation sites (tertiary alicyclic amines) is 1. The predicted molar refractivity (Wildman–Crippen MR) is 72.3 cm³/mol. The summed E-state index contributed by atoms with van der Waals surface area (Å²) in [7, 11) is 2.14. The highest BCUT2D eigenvalue weighted by atomic mass is 79.9. The van der Waals surface area contributed by atoms with Crippen molar-refractivity contribution < 1.29 is 4.39 Å². The fourth-order valence-corrected chi connectivity index (χ4v) is 3.04. The van der Waals surface area contributed by atoms with Crippen molar-refractivity contribution in [1.82, 2.24) is 14.3 Å². The first kappa shape index (κ1) is 12.1. The first-order valence-electron chi connectivity index (χ1n) is 6.15. The van der Waals surface area contributed by atoms with Gasteiger partial charge < -0.3 is 9.30 Å². The molecule has 2 aromatic heterocycles. The third-order valence-corrected chi connectivity index (χ3v) is 4.13. The standard InChI is InChI=1S/C13H15BrFN3/c1-17-4-2-9(3-5-17)12-7-16-13-11(15)6-10(14)8-18(12)13/h6-9H,2-5H2,1H3. The summed E-state index contributed by atoms with van der Waals surface area (Å²) in [6, 6.07) is 1.46. The van der Waals surface area contributed by atoms with E-state index in [0.29, 0.717) is 11.6 Å². The van der Waals surface area contributed by atoms with Crippen molar-refractivity contribution in [2.24, 2.45) is 0 Å². The van der Waals surface area contributed by atoms with Crippen LogP contribution < -0.4 is 0 Å². The third-order valence-electron chi connectivity index (χ3n) is 3.69. The van der Waals surface area contributed by atoms with Crippen LogP contribution in [0, 0.1) is 5.82 Å². The molecule has 0 aromatic carbocycles. The van der Waals surface area contributed by atoms with Crippen molar-refractivity contribution in [1.29, 1.82) is 0 Å². The smallest absolute Gasteiger partial charge is 0.173 e. The molecule has 0 spiro atoms. The lowest BCUT2D eigenvalue weighted by atomic mass is 9.94. The van der Waals surface area contributed by atoms with E-state index in [0.717, 1.165) is 36.1 Å². The van der Waals surface area contributed by atoms with Crippen molar-refractivity contribution in [2.75, 3.05) is 20.1 Å². The summed E-state index contributed by atoms with van der Waals surface area (Å²) in [5.74, 6) is 0.202. The number of imidazole rings is 1. The molecule has 0 bridgehead atoms. The predicted octanol–water partition coefficient (Wildman–Crippen LogP) is 3.05. The Morgan fingerprint density at radius 1 is 1.39 bits per heavy atom. The van der Waals surface area contributed by atoms with Gasteiger partial charge in [-0.05, 0) is 55.0 Å². The Morgan fingerprint density at radius 3 is 2.83 bits per heavy atom. The summed E-state index contributed by atoms with van der Waals surface area (Å²) in [5, 5.41) is 0. The third kappa shape index (κ3) is 2.06. The molecule has 0 atom stereocenters. The summed E-state index contributed by atoms with van der Waals surface area (Å²) in [6.45, 7) is 2.18. The van der Waals surface area contributed by atoms with E-state index in [-0.39, 0.29) is 5.82 Å². The summed E-state index contributed by atoms with van der Waals surface area (Å²) in [4.78, 5) is 6.54. The summed E-state index contributed by atoms with van der Waals surface area (Å²) in [5.41, 5.74) is 1.55. The van der Waals surface area contributed by atoms with E-state index >= 15 is 0 Å². The zero-order valence-corrected chi connectivity index (χ0v) is 11.8. The zero-order valence-electron chi connectivity index (χ0n) is 10.2. The molecule has 1 aliphatic rings. The molecule has 96 valence electrons. The van der Waals surface area contributed by atoms with Crippen LogP contribution in [-0.2, 0) is 0 Å². The van der Waals surface area contributed by atoms with Gasteiger partial charge in [0.25, 0.3) is 0 Å². The van der Waals surface area contributed by atoms with Crippen LogP contribution >= 0.6 is 15.9 Å². The fraction of sp³-hybridized carbons (Fsp3) is 0.462. The van der Waals surface area contributed by atoms with Gasteiger partial charge in [0.2, 0.25) is 0 Å². The van der Waals surface area contributed by atoms with Crippen molar-refractivity contribution in [3.8, 4) is 0 Å². The van der Waals surface area contributed by atoms with Crippen LogP contribution in [0.1, 0.15) is 24.5 Å². The molecule has 0 N–H and O–H groups in total. The van der Waals surface area contributed by atoms with E-state index in [9.17, 15) is 4.39 Å². The van der Waals surface area contributed by atoms with E-state index in [1.54, 1.807) is 0 Å². The van der Waals surface area contributed by atoms with Crippen molar-refractivity contribution in [3.05, 3.63) is 34.4 Å². The van der Waals surface area contributed by atoms with Crippen molar-refractivity contribution in [2.45, 2.75) is 18.8 Å². The van der Waals surface area contributed by atoms with Crippen LogP contribution in [0.25, 0.3) is 5.65 Å². The maximum absolute atomic E-state index is 13.8. The number of aromatic nitrogens is 2. The molecule has 0 unspecified atom stereocenters. The second kappa shape index (κ2) is 4.63. The summed E-state index contributed by atoms with van der Waals surface area (Å²) in [6.07, 6.45) is 5.94. The molecule has 0 aliphatic carbocycles. The summed E-state index contributed by atoms with van der Waals surface area (Å²) < 4.78 is 16.4. The number of hydrogen-bond donors (Lipinski definition) is 0. The number of halogens is 2. The number of fused-ring (bicyclic) bond motifs is 1. The van der Waals surface area contributed by atoms with E-state index < -0.39 is 0 Å². The lowest BCUT2D eigenvalue weighted by Gasteiger charge is -2.28. The number of rotatable bonds is 1. The van der Waals surface area contributed by atoms with Gasteiger partial charge in [-0.3, -0.25) is 0 Å². The van der Waals surface area contributed by atoms with Gasteiger partial charge in [-0.2, -0.15) is 0 Å². The second-order valence-corrected chi connectivity index (χ2v) is 5.88. The molecule has 3 rings (SSSR count). The Bertz CT molecular complexity index is 573. The maximum atomic E-state index is 13.8. The van der Waals surface area contributed by atoms with Crippen LogP contribution in [-0.4, -0.2) is 34.4 Å². The maximum Gasteiger partial charge on any atom is 0.173 e. The molecule has 0 amide bonds. The molecule has 0 radical (unpaired) electrons. The molecular formula is C13H15BrFN3. The van der Waals surface area contributed by atoms with E-state index in [1.807, 2.05) is 16.8 Å². The Labute approximate surface area is 114 Å². The molecule has 5 heteroatoms. The van der Waals surface area contributed by atoms with Crippen LogP contribution in [0.3, 0.4) is 0 Å². The first-order chi connectivity index (χ1) is 8.65. The van der Waals surface area contributed by atoms with Gasteiger partial charge >= 0.3 is 0 Å².